The lowest BCUT2D eigenvalue weighted by Crippen LogP contribution is -2.22. The SMILES string of the molecule is CCCNC(c1ccsc1)c1cccc(OC(C)C)c1. The summed E-state index contributed by atoms with van der Waals surface area (Å²) in [6.07, 6.45) is 1.33. The monoisotopic (exact) mass is 289 g/mol. The van der Waals surface area contributed by atoms with Crippen molar-refractivity contribution in [1.29, 1.82) is 0 Å². The van der Waals surface area contributed by atoms with Crippen LogP contribution in [0.2, 0.25) is 0 Å². The van der Waals surface area contributed by atoms with Crippen LogP contribution in [0.1, 0.15) is 44.4 Å². The van der Waals surface area contributed by atoms with Gasteiger partial charge in [-0.25, -0.2) is 0 Å². The highest BCUT2D eigenvalue weighted by Gasteiger charge is 2.14. The van der Waals surface area contributed by atoms with Gasteiger partial charge in [0.1, 0.15) is 5.75 Å². The van der Waals surface area contributed by atoms with E-state index >= 15 is 0 Å². The second-order valence-electron chi connectivity index (χ2n) is 5.18. The van der Waals surface area contributed by atoms with Gasteiger partial charge in [-0.2, -0.15) is 11.3 Å². The van der Waals surface area contributed by atoms with Crippen molar-refractivity contribution in [3.8, 4) is 5.75 Å². The minimum absolute atomic E-state index is 0.202. The van der Waals surface area contributed by atoms with Crippen LogP contribution in [-0.4, -0.2) is 12.6 Å². The summed E-state index contributed by atoms with van der Waals surface area (Å²) in [7, 11) is 0. The lowest BCUT2D eigenvalue weighted by Gasteiger charge is -2.19. The fourth-order valence-corrected chi connectivity index (χ4v) is 2.88. The van der Waals surface area contributed by atoms with Crippen LogP contribution in [0, 0.1) is 0 Å². The van der Waals surface area contributed by atoms with Crippen LogP contribution in [0.25, 0.3) is 0 Å². The molecule has 1 aromatic heterocycles. The lowest BCUT2D eigenvalue weighted by molar-refractivity contribution is 0.242. The van der Waals surface area contributed by atoms with Crippen LogP contribution in [-0.2, 0) is 0 Å². The standard InChI is InChI=1S/C17H23NOS/c1-4-9-18-17(15-8-10-20-12-15)14-6-5-7-16(11-14)19-13(2)3/h5-8,10-13,17-18H,4,9H2,1-3H3. The minimum Gasteiger partial charge on any atom is -0.491 e. The summed E-state index contributed by atoms with van der Waals surface area (Å²) in [4.78, 5) is 0. The maximum atomic E-state index is 5.80. The third-order valence-corrected chi connectivity index (χ3v) is 3.74. The molecule has 1 aromatic carbocycles. The van der Waals surface area contributed by atoms with E-state index < -0.39 is 0 Å². The summed E-state index contributed by atoms with van der Waals surface area (Å²) in [5.41, 5.74) is 2.58. The van der Waals surface area contributed by atoms with Crippen molar-refractivity contribution < 1.29 is 4.74 Å². The molecule has 3 heteroatoms. The van der Waals surface area contributed by atoms with Crippen molar-refractivity contribution in [1.82, 2.24) is 5.32 Å². The predicted octanol–water partition coefficient (Wildman–Crippen LogP) is 4.62. The zero-order chi connectivity index (χ0) is 14.4. The van der Waals surface area contributed by atoms with E-state index in [-0.39, 0.29) is 12.1 Å². The molecule has 0 aliphatic heterocycles. The Bertz CT molecular complexity index is 507. The van der Waals surface area contributed by atoms with Gasteiger partial charge in [0, 0.05) is 0 Å². The molecule has 0 radical (unpaired) electrons. The molecule has 1 atom stereocenters. The van der Waals surface area contributed by atoms with Crippen molar-refractivity contribution in [2.75, 3.05) is 6.54 Å². The summed E-state index contributed by atoms with van der Waals surface area (Å²) in [5.74, 6) is 0.941. The van der Waals surface area contributed by atoms with Crippen LogP contribution in [0.3, 0.4) is 0 Å². The molecular formula is C17H23NOS. The first-order chi connectivity index (χ1) is 9.70. The predicted molar refractivity (Wildman–Crippen MR) is 86.7 cm³/mol. The topological polar surface area (TPSA) is 21.3 Å². The van der Waals surface area contributed by atoms with E-state index in [1.54, 1.807) is 11.3 Å². The van der Waals surface area contributed by atoms with E-state index in [0.717, 1.165) is 18.7 Å². The van der Waals surface area contributed by atoms with Crippen molar-refractivity contribution in [3.63, 3.8) is 0 Å². The maximum Gasteiger partial charge on any atom is 0.120 e. The van der Waals surface area contributed by atoms with E-state index in [1.165, 1.54) is 11.1 Å². The lowest BCUT2D eigenvalue weighted by atomic mass is 10.0. The van der Waals surface area contributed by atoms with Gasteiger partial charge in [0.2, 0.25) is 0 Å². The van der Waals surface area contributed by atoms with Gasteiger partial charge in [0.15, 0.2) is 0 Å². The molecule has 1 unspecified atom stereocenters. The molecule has 108 valence electrons. The highest BCUT2D eigenvalue weighted by atomic mass is 32.1. The van der Waals surface area contributed by atoms with Crippen LogP contribution < -0.4 is 10.1 Å². The smallest absolute Gasteiger partial charge is 0.120 e. The molecule has 0 bridgehead atoms. The third-order valence-electron chi connectivity index (χ3n) is 3.04. The number of benzene rings is 1. The number of hydrogen-bond acceptors (Lipinski definition) is 3. The summed E-state index contributed by atoms with van der Waals surface area (Å²) >= 11 is 1.74. The Morgan fingerprint density at radius 3 is 2.70 bits per heavy atom. The molecule has 0 aliphatic rings. The van der Waals surface area contributed by atoms with Gasteiger partial charge in [-0.1, -0.05) is 19.1 Å². The Morgan fingerprint density at radius 2 is 2.05 bits per heavy atom. The van der Waals surface area contributed by atoms with Gasteiger partial charge in [-0.15, -0.1) is 0 Å². The van der Waals surface area contributed by atoms with Crippen molar-refractivity contribution >= 4 is 11.3 Å². The Labute approximate surface area is 125 Å². The van der Waals surface area contributed by atoms with E-state index in [1.807, 2.05) is 6.07 Å². The Kier molecular flexibility index (Phi) is 5.62. The van der Waals surface area contributed by atoms with Gasteiger partial charge in [0.05, 0.1) is 12.1 Å². The average molecular weight is 289 g/mol. The van der Waals surface area contributed by atoms with E-state index in [0.29, 0.717) is 0 Å². The molecule has 1 heterocycles. The van der Waals surface area contributed by atoms with E-state index in [2.05, 4.69) is 61.1 Å². The van der Waals surface area contributed by atoms with Gasteiger partial charge in [-0.05, 0) is 66.9 Å². The minimum atomic E-state index is 0.202. The van der Waals surface area contributed by atoms with Gasteiger partial charge < -0.3 is 10.1 Å². The maximum absolute atomic E-state index is 5.80. The normalized spacial score (nSPS) is 12.6. The van der Waals surface area contributed by atoms with Crippen LogP contribution >= 0.6 is 11.3 Å². The zero-order valence-electron chi connectivity index (χ0n) is 12.4. The summed E-state index contributed by atoms with van der Waals surface area (Å²) < 4.78 is 5.80. The summed E-state index contributed by atoms with van der Waals surface area (Å²) in [6.45, 7) is 7.31. The molecule has 20 heavy (non-hydrogen) atoms. The molecule has 1 N–H and O–H groups in total. The number of rotatable bonds is 7. The van der Waals surface area contributed by atoms with Crippen LogP contribution in [0.15, 0.2) is 41.1 Å². The zero-order valence-corrected chi connectivity index (χ0v) is 13.2. The molecule has 2 nitrogen and oxygen atoms in total. The molecule has 0 saturated carbocycles. The van der Waals surface area contributed by atoms with Crippen molar-refractivity contribution in [3.05, 3.63) is 52.2 Å². The van der Waals surface area contributed by atoms with E-state index in [4.69, 9.17) is 4.74 Å². The average Bonchev–Trinajstić information content (AvgIpc) is 2.93. The summed E-state index contributed by atoms with van der Waals surface area (Å²) in [6, 6.07) is 10.8. The first-order valence-electron chi connectivity index (χ1n) is 7.22. The fourth-order valence-electron chi connectivity index (χ4n) is 2.20. The third kappa shape index (κ3) is 4.09. The molecule has 0 spiro atoms. The van der Waals surface area contributed by atoms with E-state index in [9.17, 15) is 0 Å². The van der Waals surface area contributed by atoms with Crippen molar-refractivity contribution in [2.45, 2.75) is 39.3 Å². The number of thiophene rings is 1. The van der Waals surface area contributed by atoms with Crippen LogP contribution in [0.5, 0.6) is 5.75 Å². The van der Waals surface area contributed by atoms with Gasteiger partial charge in [-0.3, -0.25) is 0 Å². The molecule has 0 saturated heterocycles. The van der Waals surface area contributed by atoms with Gasteiger partial charge >= 0.3 is 0 Å². The first kappa shape index (κ1) is 15.1. The molecular weight excluding hydrogens is 266 g/mol. The van der Waals surface area contributed by atoms with Crippen LogP contribution in [0.4, 0.5) is 0 Å². The Morgan fingerprint density at radius 1 is 1.20 bits per heavy atom. The molecule has 2 aromatic rings. The van der Waals surface area contributed by atoms with Gasteiger partial charge in [0.25, 0.3) is 0 Å². The fraction of sp³-hybridized carbons (Fsp3) is 0.412. The molecule has 0 amide bonds. The van der Waals surface area contributed by atoms with Crippen molar-refractivity contribution in [2.24, 2.45) is 0 Å². The molecule has 0 fully saturated rings. The molecule has 0 aliphatic carbocycles. The quantitative estimate of drug-likeness (QED) is 0.802. The highest BCUT2D eigenvalue weighted by molar-refractivity contribution is 7.08. The number of ether oxygens (including phenoxy) is 1. The highest BCUT2D eigenvalue weighted by Crippen LogP contribution is 2.27. The number of hydrogen-bond donors (Lipinski definition) is 1. The second kappa shape index (κ2) is 7.46. The summed E-state index contributed by atoms with van der Waals surface area (Å²) in [5, 5.41) is 7.96. The Balaban J connectivity index is 2.24. The Hall–Kier alpha value is -1.32. The second-order valence-corrected chi connectivity index (χ2v) is 5.96. The largest absolute Gasteiger partial charge is 0.491 e. The first-order valence-corrected chi connectivity index (χ1v) is 8.17. The number of nitrogens with one attached hydrogen (secondary N) is 1. The molecule has 2 rings (SSSR count).